The van der Waals surface area contributed by atoms with Crippen molar-refractivity contribution in [3.8, 4) is 0 Å². The molecule has 1 spiro atoms. The molecular weight excluding hydrogens is 378 g/mol. The van der Waals surface area contributed by atoms with E-state index in [0.717, 1.165) is 31.2 Å². The molecule has 4 fully saturated rings. The number of hydrogen-bond acceptors (Lipinski definition) is 5. The highest BCUT2D eigenvalue weighted by atomic mass is 16.7. The molecule has 5 rings (SSSR count). The molecule has 8 atom stereocenters. The molecule has 5 heteroatoms. The molecule has 1 N–H and O–H groups in total. The Balaban J connectivity index is 1.35. The zero-order valence-corrected chi connectivity index (χ0v) is 18.6. The molecule has 2 heterocycles. The number of esters is 1. The van der Waals surface area contributed by atoms with E-state index in [-0.39, 0.29) is 29.5 Å². The Labute approximate surface area is 179 Å². The smallest absolute Gasteiger partial charge is 0.311 e. The lowest BCUT2D eigenvalue weighted by Gasteiger charge is -2.50. The molecule has 5 nitrogen and oxygen atoms in total. The van der Waals surface area contributed by atoms with Crippen LogP contribution in [0.4, 0.5) is 0 Å². The summed E-state index contributed by atoms with van der Waals surface area (Å²) in [6.45, 7) is 7.42. The molecule has 30 heavy (non-hydrogen) atoms. The predicted molar refractivity (Wildman–Crippen MR) is 114 cm³/mol. The number of likely N-dealkylation sites (N-methyl/N-ethyl adjacent to an activating group) is 1. The molecule has 4 aliphatic rings. The SMILES string of the molecule is CC1CCC2C(CN(C)CC(C)(O)c3ccccc3)C(=O)OC23C1CCC1(C)OC13. The van der Waals surface area contributed by atoms with Crippen LogP contribution in [0.1, 0.15) is 52.0 Å². The summed E-state index contributed by atoms with van der Waals surface area (Å²) >= 11 is 0. The van der Waals surface area contributed by atoms with E-state index in [9.17, 15) is 9.90 Å². The number of carbonyl (C=O) groups excluding carboxylic acids is 1. The summed E-state index contributed by atoms with van der Waals surface area (Å²) < 4.78 is 12.5. The van der Waals surface area contributed by atoms with Gasteiger partial charge in [0.25, 0.3) is 0 Å². The van der Waals surface area contributed by atoms with Gasteiger partial charge in [-0.3, -0.25) is 4.79 Å². The highest BCUT2D eigenvalue weighted by molar-refractivity contribution is 5.77. The average Bonchev–Trinajstić information content (AvgIpc) is 3.32. The number of ether oxygens (including phenoxy) is 2. The minimum atomic E-state index is -0.969. The fourth-order valence-corrected chi connectivity index (χ4v) is 7.08. The van der Waals surface area contributed by atoms with Gasteiger partial charge in [-0.2, -0.15) is 0 Å². The van der Waals surface area contributed by atoms with Gasteiger partial charge in [-0.25, -0.2) is 0 Å². The van der Waals surface area contributed by atoms with Gasteiger partial charge in [-0.15, -0.1) is 0 Å². The molecule has 0 radical (unpaired) electrons. The maximum absolute atomic E-state index is 13.2. The molecule has 0 amide bonds. The molecule has 164 valence electrons. The van der Waals surface area contributed by atoms with Crippen molar-refractivity contribution in [2.24, 2.45) is 23.7 Å². The number of epoxide rings is 1. The Morgan fingerprint density at radius 1 is 1.20 bits per heavy atom. The second kappa shape index (κ2) is 6.78. The minimum Gasteiger partial charge on any atom is -0.455 e. The van der Waals surface area contributed by atoms with E-state index in [1.54, 1.807) is 0 Å². The number of hydrogen-bond donors (Lipinski definition) is 1. The van der Waals surface area contributed by atoms with Crippen LogP contribution in [0.2, 0.25) is 0 Å². The lowest BCUT2D eigenvalue weighted by Crippen LogP contribution is -2.58. The Morgan fingerprint density at radius 2 is 1.93 bits per heavy atom. The zero-order chi connectivity index (χ0) is 21.3. The van der Waals surface area contributed by atoms with E-state index in [0.29, 0.717) is 24.9 Å². The lowest BCUT2D eigenvalue weighted by atomic mass is 9.55. The van der Waals surface area contributed by atoms with Gasteiger partial charge in [0, 0.05) is 24.9 Å². The van der Waals surface area contributed by atoms with E-state index in [1.165, 1.54) is 0 Å². The quantitative estimate of drug-likeness (QED) is 0.593. The molecule has 0 aromatic heterocycles. The van der Waals surface area contributed by atoms with Crippen molar-refractivity contribution in [1.29, 1.82) is 0 Å². The fraction of sp³-hybridized carbons (Fsp3) is 0.720. The summed E-state index contributed by atoms with van der Waals surface area (Å²) in [5.41, 5.74) is -0.620. The van der Waals surface area contributed by atoms with Crippen molar-refractivity contribution in [1.82, 2.24) is 4.90 Å². The van der Waals surface area contributed by atoms with Crippen molar-refractivity contribution in [2.45, 2.75) is 69.4 Å². The number of rotatable bonds is 5. The first-order chi connectivity index (χ1) is 14.2. The van der Waals surface area contributed by atoms with Crippen LogP contribution < -0.4 is 0 Å². The number of nitrogens with zero attached hydrogens (tertiary/aromatic N) is 1. The maximum Gasteiger partial charge on any atom is 0.311 e. The van der Waals surface area contributed by atoms with Crippen LogP contribution in [0, 0.1) is 23.7 Å². The van der Waals surface area contributed by atoms with Gasteiger partial charge in [-0.05, 0) is 58.1 Å². The van der Waals surface area contributed by atoms with E-state index >= 15 is 0 Å². The van der Waals surface area contributed by atoms with E-state index in [1.807, 2.05) is 44.3 Å². The summed E-state index contributed by atoms with van der Waals surface area (Å²) in [4.78, 5) is 15.3. The van der Waals surface area contributed by atoms with Crippen molar-refractivity contribution in [3.63, 3.8) is 0 Å². The van der Waals surface area contributed by atoms with Crippen molar-refractivity contribution >= 4 is 5.97 Å². The van der Waals surface area contributed by atoms with Gasteiger partial charge < -0.3 is 19.5 Å². The molecule has 1 aromatic rings. The number of fused-ring (bicyclic) bond motifs is 1. The number of aliphatic hydroxyl groups is 1. The third kappa shape index (κ3) is 2.96. The van der Waals surface area contributed by atoms with E-state index < -0.39 is 11.2 Å². The molecule has 8 unspecified atom stereocenters. The third-order valence-corrected chi connectivity index (χ3v) is 8.57. The molecule has 0 bridgehead atoms. The zero-order valence-electron chi connectivity index (χ0n) is 18.6. The maximum atomic E-state index is 13.2. The first-order valence-corrected chi connectivity index (χ1v) is 11.5. The molecule has 2 aliphatic heterocycles. The van der Waals surface area contributed by atoms with Crippen molar-refractivity contribution < 1.29 is 19.4 Å². The Bertz CT molecular complexity index is 826. The lowest BCUT2D eigenvalue weighted by molar-refractivity contribution is -0.168. The summed E-state index contributed by atoms with van der Waals surface area (Å²) in [5, 5.41) is 11.1. The van der Waals surface area contributed by atoms with Crippen LogP contribution in [0.3, 0.4) is 0 Å². The average molecular weight is 414 g/mol. The minimum absolute atomic E-state index is 0.0585. The van der Waals surface area contributed by atoms with Crippen LogP contribution >= 0.6 is 0 Å². The molecule has 1 aromatic carbocycles. The van der Waals surface area contributed by atoms with Crippen LogP contribution in [0.5, 0.6) is 0 Å². The Hall–Kier alpha value is -1.43. The monoisotopic (exact) mass is 413 g/mol. The number of carbonyl (C=O) groups is 1. The van der Waals surface area contributed by atoms with Gasteiger partial charge in [0.05, 0.1) is 17.1 Å². The Morgan fingerprint density at radius 3 is 2.67 bits per heavy atom. The second-order valence-electron chi connectivity index (χ2n) is 10.8. The van der Waals surface area contributed by atoms with Gasteiger partial charge >= 0.3 is 5.97 Å². The predicted octanol–water partition coefficient (Wildman–Crippen LogP) is 3.35. The van der Waals surface area contributed by atoms with Gasteiger partial charge in [0.15, 0.2) is 0 Å². The summed E-state index contributed by atoms with van der Waals surface area (Å²) in [7, 11) is 2.00. The summed E-state index contributed by atoms with van der Waals surface area (Å²) in [6, 6.07) is 9.75. The fourth-order valence-electron chi connectivity index (χ4n) is 7.08. The van der Waals surface area contributed by atoms with Gasteiger partial charge in [0.2, 0.25) is 0 Å². The van der Waals surface area contributed by atoms with E-state index in [4.69, 9.17) is 9.47 Å². The van der Waals surface area contributed by atoms with Crippen LogP contribution in [0.15, 0.2) is 30.3 Å². The summed E-state index contributed by atoms with van der Waals surface area (Å²) in [6.07, 6.45) is 4.39. The normalized spacial score (nSPS) is 43.9. The van der Waals surface area contributed by atoms with E-state index in [2.05, 4.69) is 18.7 Å². The highest BCUT2D eigenvalue weighted by Crippen LogP contribution is 2.66. The van der Waals surface area contributed by atoms with Gasteiger partial charge in [-0.1, -0.05) is 37.3 Å². The standard InChI is InChI=1S/C25H35NO4/c1-16-10-11-20-18(14-26(4)15-23(2,28)17-8-6-5-7-9-17)21(27)29-25(20)19(16)12-13-24(3)22(25)30-24/h5-9,16,18-20,22,28H,10-15H2,1-4H3. The molecule has 2 saturated heterocycles. The third-order valence-electron chi connectivity index (χ3n) is 8.57. The second-order valence-corrected chi connectivity index (χ2v) is 10.8. The largest absolute Gasteiger partial charge is 0.455 e. The van der Waals surface area contributed by atoms with Crippen LogP contribution in [-0.2, 0) is 19.9 Å². The summed E-state index contributed by atoms with van der Waals surface area (Å²) in [5.74, 6) is 0.970. The van der Waals surface area contributed by atoms with Crippen molar-refractivity contribution in [3.05, 3.63) is 35.9 Å². The van der Waals surface area contributed by atoms with Crippen LogP contribution in [-0.4, -0.2) is 53.4 Å². The Kier molecular flexibility index (Phi) is 4.63. The molecule has 2 saturated carbocycles. The van der Waals surface area contributed by atoms with Crippen LogP contribution in [0.25, 0.3) is 0 Å². The first kappa shape index (κ1) is 20.5. The van der Waals surface area contributed by atoms with Gasteiger partial charge in [0.1, 0.15) is 11.7 Å². The first-order valence-electron chi connectivity index (χ1n) is 11.5. The molecular formula is C25H35NO4. The number of benzene rings is 1. The van der Waals surface area contributed by atoms with Crippen molar-refractivity contribution in [2.75, 3.05) is 20.1 Å². The molecule has 2 aliphatic carbocycles. The topological polar surface area (TPSA) is 62.3 Å². The highest BCUT2D eigenvalue weighted by Gasteiger charge is 2.77.